The maximum absolute atomic E-state index is 13.5. The fraction of sp³-hybridized carbons (Fsp3) is 0.462. The lowest BCUT2D eigenvalue weighted by Gasteiger charge is -2.32. The average molecular weight is 625 g/mol. The molecule has 210 valence electrons. The van der Waals surface area contributed by atoms with Crippen LogP contribution in [0.15, 0.2) is 36.4 Å². The molecule has 2 aromatic rings. The Morgan fingerprint density at radius 3 is 2.18 bits per heavy atom. The van der Waals surface area contributed by atoms with Gasteiger partial charge in [-0.05, 0) is 62.1 Å². The molecule has 0 saturated carbocycles. The number of benzene rings is 2. The third-order valence-corrected chi connectivity index (χ3v) is 8.53. The summed E-state index contributed by atoms with van der Waals surface area (Å²) in [6.07, 6.45) is 2.39. The van der Waals surface area contributed by atoms with E-state index in [1.54, 1.807) is 24.3 Å². The highest BCUT2D eigenvalue weighted by Gasteiger charge is 2.29. The summed E-state index contributed by atoms with van der Waals surface area (Å²) in [5.74, 6) is -0.549. The van der Waals surface area contributed by atoms with Gasteiger partial charge in [-0.15, -0.1) is 0 Å². The van der Waals surface area contributed by atoms with E-state index in [9.17, 15) is 18.0 Å². The summed E-state index contributed by atoms with van der Waals surface area (Å²) in [7, 11) is -3.71. The number of carbonyl (C=O) groups excluding carboxylic acids is 2. The Hall–Kier alpha value is -1.71. The molecular formula is C26H33Cl4N3O4S. The molecule has 38 heavy (non-hydrogen) atoms. The monoisotopic (exact) mass is 623 g/mol. The molecule has 2 rings (SSSR count). The van der Waals surface area contributed by atoms with Crippen molar-refractivity contribution in [3.05, 3.63) is 62.1 Å². The van der Waals surface area contributed by atoms with Gasteiger partial charge >= 0.3 is 0 Å². The van der Waals surface area contributed by atoms with E-state index in [4.69, 9.17) is 46.4 Å². The number of anilines is 1. The van der Waals surface area contributed by atoms with Gasteiger partial charge in [-0.25, -0.2) is 8.42 Å². The number of hydrogen-bond donors (Lipinski definition) is 1. The predicted octanol–water partition coefficient (Wildman–Crippen LogP) is 6.57. The van der Waals surface area contributed by atoms with Crippen LogP contribution < -0.4 is 9.62 Å². The van der Waals surface area contributed by atoms with E-state index in [2.05, 4.69) is 5.32 Å². The number of halogens is 4. The van der Waals surface area contributed by atoms with Crippen LogP contribution in [0.5, 0.6) is 0 Å². The van der Waals surface area contributed by atoms with Gasteiger partial charge in [0.05, 0.1) is 27.0 Å². The Morgan fingerprint density at radius 2 is 1.61 bits per heavy atom. The number of carbonyl (C=O) groups is 2. The van der Waals surface area contributed by atoms with Crippen LogP contribution in [0.2, 0.25) is 20.1 Å². The summed E-state index contributed by atoms with van der Waals surface area (Å²) in [6, 6.07) is 8.83. The smallest absolute Gasteiger partial charge is 0.243 e. The first-order valence-electron chi connectivity index (χ1n) is 12.2. The second kappa shape index (κ2) is 14.6. The molecule has 0 heterocycles. The van der Waals surface area contributed by atoms with Gasteiger partial charge < -0.3 is 10.2 Å². The van der Waals surface area contributed by atoms with Crippen LogP contribution in [-0.4, -0.2) is 50.0 Å². The largest absolute Gasteiger partial charge is 0.352 e. The number of sulfonamides is 1. The zero-order chi connectivity index (χ0) is 28.6. The molecular weight excluding hydrogens is 592 g/mol. The zero-order valence-corrected chi connectivity index (χ0v) is 25.6. The minimum atomic E-state index is -3.71. The molecule has 0 radical (unpaired) electrons. The van der Waals surface area contributed by atoms with E-state index in [-0.39, 0.29) is 54.5 Å². The lowest BCUT2D eigenvalue weighted by Crippen LogP contribution is -2.50. The van der Waals surface area contributed by atoms with Crippen LogP contribution >= 0.6 is 46.4 Å². The second-order valence-corrected chi connectivity index (χ2v) is 12.6. The maximum atomic E-state index is 13.5. The molecule has 0 aromatic heterocycles. The van der Waals surface area contributed by atoms with E-state index in [0.29, 0.717) is 27.1 Å². The molecule has 2 amide bonds. The molecule has 0 bridgehead atoms. The normalized spacial score (nSPS) is 13.1. The minimum absolute atomic E-state index is 0.00110. The van der Waals surface area contributed by atoms with Crippen molar-refractivity contribution in [3.63, 3.8) is 0 Å². The van der Waals surface area contributed by atoms with E-state index in [1.165, 1.54) is 17.0 Å². The fourth-order valence-electron chi connectivity index (χ4n) is 3.85. The third kappa shape index (κ3) is 9.19. The first-order valence-corrected chi connectivity index (χ1v) is 15.6. The van der Waals surface area contributed by atoms with Crippen molar-refractivity contribution < 1.29 is 18.0 Å². The quantitative estimate of drug-likeness (QED) is 0.273. The number of nitrogens with zero attached hydrogens (tertiary/aromatic N) is 2. The van der Waals surface area contributed by atoms with E-state index in [1.807, 2.05) is 20.8 Å². The molecule has 2 aromatic carbocycles. The lowest BCUT2D eigenvalue weighted by atomic mass is 10.1. The molecule has 1 N–H and O–H groups in total. The first kappa shape index (κ1) is 32.5. The molecule has 2 atom stereocenters. The van der Waals surface area contributed by atoms with Gasteiger partial charge in [-0.2, -0.15) is 0 Å². The lowest BCUT2D eigenvalue weighted by molar-refractivity contribution is -0.141. The van der Waals surface area contributed by atoms with E-state index >= 15 is 0 Å². The van der Waals surface area contributed by atoms with Crippen molar-refractivity contribution in [2.45, 2.75) is 65.1 Å². The highest BCUT2D eigenvalue weighted by molar-refractivity contribution is 7.92. The van der Waals surface area contributed by atoms with Gasteiger partial charge in [-0.3, -0.25) is 13.9 Å². The molecule has 0 aliphatic carbocycles. The van der Waals surface area contributed by atoms with Crippen LogP contribution in [0.4, 0.5) is 5.69 Å². The highest BCUT2D eigenvalue weighted by Crippen LogP contribution is 2.31. The van der Waals surface area contributed by atoms with Crippen molar-refractivity contribution in [1.82, 2.24) is 10.2 Å². The highest BCUT2D eigenvalue weighted by atomic mass is 35.5. The van der Waals surface area contributed by atoms with Crippen LogP contribution in [0, 0.1) is 0 Å². The molecule has 12 heteroatoms. The Bertz CT molecular complexity index is 1240. The Labute approximate surface area is 245 Å². The third-order valence-electron chi connectivity index (χ3n) is 6.05. The molecule has 0 fully saturated rings. The second-order valence-electron chi connectivity index (χ2n) is 9.05. The van der Waals surface area contributed by atoms with Gasteiger partial charge in [0.15, 0.2) is 0 Å². The van der Waals surface area contributed by atoms with Crippen molar-refractivity contribution in [2.24, 2.45) is 0 Å². The van der Waals surface area contributed by atoms with Crippen molar-refractivity contribution in [3.8, 4) is 0 Å². The van der Waals surface area contributed by atoms with Gasteiger partial charge in [0, 0.05) is 30.6 Å². The summed E-state index contributed by atoms with van der Waals surface area (Å²) in [5, 5.41) is 4.24. The van der Waals surface area contributed by atoms with Crippen molar-refractivity contribution in [1.29, 1.82) is 0 Å². The van der Waals surface area contributed by atoms with Gasteiger partial charge in [0.2, 0.25) is 21.8 Å². The summed E-state index contributed by atoms with van der Waals surface area (Å²) in [4.78, 5) is 28.1. The fourth-order valence-corrected chi connectivity index (χ4v) is 5.58. The zero-order valence-electron chi connectivity index (χ0n) is 21.8. The SMILES string of the molecule is CC[C@@H](C)NC(=O)[C@H](CC)N(Cc1ccc(Cl)c(Cl)c1)C(=O)CCCN(c1cc(Cl)ccc1Cl)S(C)(=O)=O. The van der Waals surface area contributed by atoms with Crippen LogP contribution in [0.25, 0.3) is 0 Å². The summed E-state index contributed by atoms with van der Waals surface area (Å²) < 4.78 is 26.2. The summed E-state index contributed by atoms with van der Waals surface area (Å²) in [5.41, 5.74) is 0.951. The van der Waals surface area contributed by atoms with Gasteiger partial charge in [0.25, 0.3) is 0 Å². The standard InChI is InChI=1S/C26H33Cl4N3O4S/c1-5-17(3)31-26(35)23(6-2)32(16-18-9-11-20(28)22(30)14-18)25(34)8-7-13-33(38(4,36)37)24-15-19(27)10-12-21(24)29/h9-12,14-15,17,23H,5-8,13,16H2,1-4H3,(H,31,35)/t17-,23+/m1/s1. The maximum Gasteiger partial charge on any atom is 0.243 e. The average Bonchev–Trinajstić information content (AvgIpc) is 2.84. The topological polar surface area (TPSA) is 86.8 Å². The van der Waals surface area contributed by atoms with E-state index in [0.717, 1.165) is 17.0 Å². The predicted molar refractivity (Wildman–Crippen MR) is 157 cm³/mol. The number of amides is 2. The Morgan fingerprint density at radius 1 is 0.947 bits per heavy atom. The number of hydrogen-bond acceptors (Lipinski definition) is 4. The van der Waals surface area contributed by atoms with E-state index < -0.39 is 16.1 Å². The molecule has 0 saturated heterocycles. The van der Waals surface area contributed by atoms with Crippen LogP contribution in [0.3, 0.4) is 0 Å². The molecule has 0 aliphatic heterocycles. The van der Waals surface area contributed by atoms with Gasteiger partial charge in [0.1, 0.15) is 6.04 Å². The van der Waals surface area contributed by atoms with Gasteiger partial charge in [-0.1, -0.05) is 66.3 Å². The Balaban J connectivity index is 2.29. The number of rotatable bonds is 13. The minimum Gasteiger partial charge on any atom is -0.352 e. The molecule has 0 spiro atoms. The Kier molecular flexibility index (Phi) is 12.5. The summed E-state index contributed by atoms with van der Waals surface area (Å²) >= 11 is 24.6. The van der Waals surface area contributed by atoms with Crippen LogP contribution in [0.1, 0.15) is 52.0 Å². The molecule has 0 unspecified atom stereocenters. The van der Waals surface area contributed by atoms with Crippen molar-refractivity contribution >= 4 is 73.9 Å². The van der Waals surface area contributed by atoms with Crippen molar-refractivity contribution in [2.75, 3.05) is 17.1 Å². The summed E-state index contributed by atoms with van der Waals surface area (Å²) in [6.45, 7) is 5.84. The molecule has 7 nitrogen and oxygen atoms in total. The molecule has 0 aliphatic rings. The number of nitrogens with one attached hydrogen (secondary N) is 1. The van der Waals surface area contributed by atoms with Crippen LogP contribution in [-0.2, 0) is 26.2 Å². The first-order chi connectivity index (χ1) is 17.8.